The lowest BCUT2D eigenvalue weighted by molar-refractivity contribution is -0.119. The molecule has 0 bridgehead atoms. The van der Waals surface area contributed by atoms with Crippen LogP contribution in [0.3, 0.4) is 0 Å². The number of nitrogens with two attached hydrogens (primary N) is 1. The maximum atomic E-state index is 11.3. The topological polar surface area (TPSA) is 46.3 Å². The quantitative estimate of drug-likeness (QED) is 0.853. The SMILES string of the molecule is CN(C)CCC(C(N)=O)c1ccccc1.Cl. The van der Waals surface area contributed by atoms with Crippen LogP contribution in [0.1, 0.15) is 17.9 Å². The minimum Gasteiger partial charge on any atom is -0.369 e. The zero-order valence-corrected chi connectivity index (χ0v) is 10.5. The number of halogens is 1. The first-order valence-corrected chi connectivity index (χ1v) is 5.10. The summed E-state index contributed by atoms with van der Waals surface area (Å²) < 4.78 is 0. The van der Waals surface area contributed by atoms with E-state index < -0.39 is 0 Å². The van der Waals surface area contributed by atoms with Crippen LogP contribution in [0.4, 0.5) is 0 Å². The summed E-state index contributed by atoms with van der Waals surface area (Å²) >= 11 is 0. The highest BCUT2D eigenvalue weighted by molar-refractivity contribution is 5.85. The van der Waals surface area contributed by atoms with E-state index in [0.717, 1.165) is 18.5 Å². The van der Waals surface area contributed by atoms with Crippen LogP contribution in [-0.4, -0.2) is 31.4 Å². The summed E-state index contributed by atoms with van der Waals surface area (Å²) in [6, 6.07) is 9.70. The second-order valence-electron chi connectivity index (χ2n) is 3.96. The summed E-state index contributed by atoms with van der Waals surface area (Å²) in [5, 5.41) is 0. The molecule has 0 aliphatic rings. The molecule has 0 aliphatic heterocycles. The zero-order chi connectivity index (χ0) is 11.3. The average molecular weight is 243 g/mol. The fourth-order valence-corrected chi connectivity index (χ4v) is 1.55. The summed E-state index contributed by atoms with van der Waals surface area (Å²) in [6.45, 7) is 0.864. The first-order valence-electron chi connectivity index (χ1n) is 5.10. The molecule has 0 aliphatic carbocycles. The standard InChI is InChI=1S/C12H18N2O.ClH/c1-14(2)9-8-11(12(13)15)10-6-4-3-5-7-10;/h3-7,11H,8-9H2,1-2H3,(H2,13,15);1H. The van der Waals surface area contributed by atoms with Crippen LogP contribution in [-0.2, 0) is 4.79 Å². The molecule has 0 fully saturated rings. The molecule has 4 heteroatoms. The fourth-order valence-electron chi connectivity index (χ4n) is 1.55. The number of rotatable bonds is 5. The molecule has 0 saturated carbocycles. The van der Waals surface area contributed by atoms with Gasteiger partial charge in [-0.3, -0.25) is 4.79 Å². The molecule has 1 amide bonds. The number of primary amides is 1. The van der Waals surface area contributed by atoms with Crippen LogP contribution in [0.25, 0.3) is 0 Å². The lowest BCUT2D eigenvalue weighted by atomic mass is 9.95. The molecule has 0 heterocycles. The van der Waals surface area contributed by atoms with Gasteiger partial charge in [0.05, 0.1) is 5.92 Å². The summed E-state index contributed by atoms with van der Waals surface area (Å²) in [5.74, 6) is -0.420. The van der Waals surface area contributed by atoms with Crippen molar-refractivity contribution < 1.29 is 4.79 Å². The lowest BCUT2D eigenvalue weighted by Gasteiger charge is -2.16. The Morgan fingerprint density at radius 3 is 2.31 bits per heavy atom. The van der Waals surface area contributed by atoms with Crippen molar-refractivity contribution in [3.8, 4) is 0 Å². The van der Waals surface area contributed by atoms with Crippen LogP contribution in [0.2, 0.25) is 0 Å². The smallest absolute Gasteiger partial charge is 0.225 e. The van der Waals surface area contributed by atoms with Gasteiger partial charge in [-0.1, -0.05) is 30.3 Å². The molecular formula is C12H19ClN2O. The summed E-state index contributed by atoms with van der Waals surface area (Å²) in [5.41, 5.74) is 6.40. The average Bonchev–Trinajstić information content (AvgIpc) is 2.18. The van der Waals surface area contributed by atoms with E-state index in [1.807, 2.05) is 44.4 Å². The minimum atomic E-state index is -0.247. The first kappa shape index (κ1) is 14.9. The summed E-state index contributed by atoms with van der Waals surface area (Å²) in [4.78, 5) is 13.4. The number of hydrogen-bond acceptors (Lipinski definition) is 2. The van der Waals surface area contributed by atoms with E-state index in [2.05, 4.69) is 4.90 Å². The highest BCUT2D eigenvalue weighted by atomic mass is 35.5. The normalized spacial score (nSPS) is 11.9. The van der Waals surface area contributed by atoms with Gasteiger partial charge in [0.15, 0.2) is 0 Å². The predicted octanol–water partition coefficient (Wildman–Crippen LogP) is 1.63. The van der Waals surface area contributed by atoms with Gasteiger partial charge >= 0.3 is 0 Å². The third-order valence-corrected chi connectivity index (χ3v) is 2.41. The molecule has 3 nitrogen and oxygen atoms in total. The van der Waals surface area contributed by atoms with Gasteiger partial charge in [-0.05, 0) is 32.6 Å². The van der Waals surface area contributed by atoms with Crippen LogP contribution >= 0.6 is 12.4 Å². The minimum absolute atomic E-state index is 0. The van der Waals surface area contributed by atoms with E-state index in [-0.39, 0.29) is 24.2 Å². The molecule has 1 rings (SSSR count). The van der Waals surface area contributed by atoms with E-state index in [0.29, 0.717) is 0 Å². The van der Waals surface area contributed by atoms with Crippen molar-refractivity contribution in [1.82, 2.24) is 4.90 Å². The van der Waals surface area contributed by atoms with Crippen molar-refractivity contribution in [3.05, 3.63) is 35.9 Å². The van der Waals surface area contributed by atoms with E-state index in [1.165, 1.54) is 0 Å². The van der Waals surface area contributed by atoms with Gasteiger partial charge in [0.1, 0.15) is 0 Å². The van der Waals surface area contributed by atoms with Gasteiger partial charge in [0, 0.05) is 0 Å². The third-order valence-electron chi connectivity index (χ3n) is 2.41. The second kappa shape index (κ2) is 7.25. The molecule has 1 aromatic rings. The van der Waals surface area contributed by atoms with Crippen molar-refractivity contribution in [3.63, 3.8) is 0 Å². The Morgan fingerprint density at radius 2 is 1.88 bits per heavy atom. The van der Waals surface area contributed by atoms with Gasteiger partial charge in [0.25, 0.3) is 0 Å². The number of benzene rings is 1. The molecule has 90 valence electrons. The first-order chi connectivity index (χ1) is 7.11. The number of carbonyl (C=O) groups excluding carboxylic acids is 1. The zero-order valence-electron chi connectivity index (χ0n) is 9.72. The molecule has 16 heavy (non-hydrogen) atoms. The monoisotopic (exact) mass is 242 g/mol. The molecule has 0 saturated heterocycles. The Hall–Kier alpha value is -1.06. The van der Waals surface area contributed by atoms with Gasteiger partial charge < -0.3 is 10.6 Å². The number of nitrogens with zero attached hydrogens (tertiary/aromatic N) is 1. The van der Waals surface area contributed by atoms with E-state index in [4.69, 9.17) is 5.73 Å². The lowest BCUT2D eigenvalue weighted by Crippen LogP contribution is -2.25. The molecule has 2 N–H and O–H groups in total. The molecule has 0 spiro atoms. The van der Waals surface area contributed by atoms with Gasteiger partial charge in [-0.2, -0.15) is 0 Å². The third kappa shape index (κ3) is 4.64. The number of hydrogen-bond donors (Lipinski definition) is 1. The second-order valence-corrected chi connectivity index (χ2v) is 3.96. The van der Waals surface area contributed by atoms with Crippen LogP contribution in [0, 0.1) is 0 Å². The molecule has 0 aromatic heterocycles. The Balaban J connectivity index is 0.00000225. The van der Waals surface area contributed by atoms with Crippen LogP contribution in [0.5, 0.6) is 0 Å². The van der Waals surface area contributed by atoms with Crippen molar-refractivity contribution >= 4 is 18.3 Å². The molecular weight excluding hydrogens is 224 g/mol. The molecule has 0 radical (unpaired) electrons. The van der Waals surface area contributed by atoms with Crippen molar-refractivity contribution in [2.75, 3.05) is 20.6 Å². The van der Waals surface area contributed by atoms with Crippen molar-refractivity contribution in [2.45, 2.75) is 12.3 Å². The van der Waals surface area contributed by atoms with Crippen LogP contribution in [0.15, 0.2) is 30.3 Å². The molecule has 1 aromatic carbocycles. The van der Waals surface area contributed by atoms with Crippen LogP contribution < -0.4 is 5.73 Å². The van der Waals surface area contributed by atoms with E-state index in [9.17, 15) is 4.79 Å². The Labute approximate surface area is 103 Å². The van der Waals surface area contributed by atoms with Gasteiger partial charge in [0.2, 0.25) is 5.91 Å². The van der Waals surface area contributed by atoms with E-state index >= 15 is 0 Å². The predicted molar refractivity (Wildman–Crippen MR) is 68.8 cm³/mol. The fraction of sp³-hybridized carbons (Fsp3) is 0.417. The molecule has 1 unspecified atom stereocenters. The Kier molecular flexibility index (Phi) is 6.77. The number of amides is 1. The highest BCUT2D eigenvalue weighted by Crippen LogP contribution is 2.18. The maximum absolute atomic E-state index is 11.3. The Morgan fingerprint density at radius 1 is 1.31 bits per heavy atom. The highest BCUT2D eigenvalue weighted by Gasteiger charge is 2.17. The number of carbonyl (C=O) groups is 1. The summed E-state index contributed by atoms with van der Waals surface area (Å²) in [6.07, 6.45) is 0.770. The molecule has 1 atom stereocenters. The van der Waals surface area contributed by atoms with Gasteiger partial charge in [-0.25, -0.2) is 0 Å². The van der Waals surface area contributed by atoms with Crippen molar-refractivity contribution in [2.24, 2.45) is 5.73 Å². The Bertz CT molecular complexity index is 314. The van der Waals surface area contributed by atoms with Gasteiger partial charge in [-0.15, -0.1) is 12.4 Å². The maximum Gasteiger partial charge on any atom is 0.225 e. The largest absolute Gasteiger partial charge is 0.369 e. The van der Waals surface area contributed by atoms with E-state index in [1.54, 1.807) is 0 Å². The van der Waals surface area contributed by atoms with Crippen molar-refractivity contribution in [1.29, 1.82) is 0 Å². The summed E-state index contributed by atoms with van der Waals surface area (Å²) in [7, 11) is 3.98.